The van der Waals surface area contributed by atoms with E-state index < -0.39 is 0 Å². The van der Waals surface area contributed by atoms with Crippen LogP contribution in [-0.2, 0) is 0 Å². The van der Waals surface area contributed by atoms with Gasteiger partial charge in [0.2, 0.25) is 0 Å². The summed E-state index contributed by atoms with van der Waals surface area (Å²) in [6, 6.07) is 2.00. The van der Waals surface area contributed by atoms with Crippen molar-refractivity contribution in [3.05, 3.63) is 21.2 Å². The molecule has 1 atom stereocenters. The second kappa shape index (κ2) is 7.42. The summed E-state index contributed by atoms with van der Waals surface area (Å²) in [5.74, 6) is 1.24. The van der Waals surface area contributed by atoms with Crippen molar-refractivity contribution in [1.29, 1.82) is 0 Å². The molecule has 8 heteroatoms. The van der Waals surface area contributed by atoms with Gasteiger partial charge in [0.25, 0.3) is 0 Å². The van der Waals surface area contributed by atoms with Gasteiger partial charge < -0.3 is 15.8 Å². The number of aromatic nitrogens is 1. The quantitative estimate of drug-likeness (QED) is 0.338. The Hall–Kier alpha value is -0.860. The first-order valence-electron chi connectivity index (χ1n) is 6.84. The Morgan fingerprint density at radius 3 is 2.62 bits per heavy atom. The van der Waals surface area contributed by atoms with E-state index in [4.69, 9.17) is 10.9 Å². The third-order valence-corrected chi connectivity index (χ3v) is 4.70. The smallest absolute Gasteiger partial charge is 0.156 e. The topological polar surface area (TPSA) is 78.0 Å². The Kier molecular flexibility index (Phi) is 5.83. The highest BCUT2D eigenvalue weighted by Gasteiger charge is 2.26. The number of halogens is 2. The molecule has 6 nitrogen and oxygen atoms in total. The van der Waals surface area contributed by atoms with Gasteiger partial charge in [0.15, 0.2) is 5.84 Å². The molecule has 1 aromatic rings. The van der Waals surface area contributed by atoms with Crippen LogP contribution in [0.25, 0.3) is 0 Å². The van der Waals surface area contributed by atoms with Gasteiger partial charge in [0.1, 0.15) is 5.82 Å². The zero-order chi connectivity index (χ0) is 15.4. The summed E-state index contributed by atoms with van der Waals surface area (Å²) in [6.45, 7) is 5.49. The number of nitrogens with two attached hydrogens (primary N) is 1. The molecule has 1 aliphatic rings. The normalized spacial score (nSPS) is 18.8. The fraction of sp³-hybridized carbons (Fsp3) is 0.538. The summed E-state index contributed by atoms with van der Waals surface area (Å²) in [5.41, 5.74) is 5.76. The van der Waals surface area contributed by atoms with Crippen LogP contribution in [0, 0.1) is 0 Å². The first-order valence-corrected chi connectivity index (χ1v) is 8.42. The van der Waals surface area contributed by atoms with Crippen molar-refractivity contribution in [2.24, 2.45) is 10.9 Å². The number of hydrogen-bond acceptors (Lipinski definition) is 5. The number of oxime groups is 1. The van der Waals surface area contributed by atoms with Crippen LogP contribution in [0.3, 0.4) is 0 Å². The number of nitrogens with zero attached hydrogens (tertiary/aromatic N) is 4. The van der Waals surface area contributed by atoms with E-state index in [-0.39, 0.29) is 11.9 Å². The first kappa shape index (κ1) is 16.5. The lowest BCUT2D eigenvalue weighted by Gasteiger charge is -2.39. The van der Waals surface area contributed by atoms with Crippen LogP contribution in [0.15, 0.2) is 26.4 Å². The molecule has 0 radical (unpaired) electrons. The van der Waals surface area contributed by atoms with E-state index in [9.17, 15) is 0 Å². The standard InChI is InChI=1S/C13H19Br2N5O/c1-2-11(12(16)18-21)19-3-5-20(6-4-19)13-10(15)7-9(14)8-17-13/h7-8,11,21H,2-6H2,1H3,(H2,16,18). The average Bonchev–Trinajstić information content (AvgIpc) is 2.49. The van der Waals surface area contributed by atoms with E-state index in [1.54, 1.807) is 6.20 Å². The van der Waals surface area contributed by atoms with Gasteiger partial charge in [-0.05, 0) is 44.3 Å². The molecule has 0 amide bonds. The molecule has 1 unspecified atom stereocenters. The molecular weight excluding hydrogens is 402 g/mol. The predicted molar refractivity (Wildman–Crippen MR) is 90.9 cm³/mol. The SMILES string of the molecule is CCC(C(N)=NO)N1CCN(c2ncc(Br)cc2Br)CC1. The molecule has 1 saturated heterocycles. The van der Waals surface area contributed by atoms with Gasteiger partial charge in [0, 0.05) is 36.8 Å². The summed E-state index contributed by atoms with van der Waals surface area (Å²) >= 11 is 6.97. The van der Waals surface area contributed by atoms with Crippen LogP contribution in [0.4, 0.5) is 5.82 Å². The Balaban J connectivity index is 2.03. The lowest BCUT2D eigenvalue weighted by Crippen LogP contribution is -2.54. The van der Waals surface area contributed by atoms with E-state index in [2.05, 4.69) is 51.8 Å². The average molecular weight is 421 g/mol. The van der Waals surface area contributed by atoms with Crippen LogP contribution in [0.5, 0.6) is 0 Å². The summed E-state index contributed by atoms with van der Waals surface area (Å²) in [4.78, 5) is 8.96. The molecule has 0 spiro atoms. The number of rotatable bonds is 4. The maximum absolute atomic E-state index is 8.86. The fourth-order valence-electron chi connectivity index (χ4n) is 2.61. The van der Waals surface area contributed by atoms with Crippen molar-refractivity contribution in [1.82, 2.24) is 9.88 Å². The van der Waals surface area contributed by atoms with E-state index in [1.807, 2.05) is 13.0 Å². The molecule has 2 rings (SSSR count). The van der Waals surface area contributed by atoms with Gasteiger partial charge in [-0.2, -0.15) is 0 Å². The lowest BCUT2D eigenvalue weighted by molar-refractivity contribution is 0.215. The lowest BCUT2D eigenvalue weighted by atomic mass is 10.1. The van der Waals surface area contributed by atoms with Crippen LogP contribution in [0.1, 0.15) is 13.3 Å². The number of anilines is 1. The highest BCUT2D eigenvalue weighted by molar-refractivity contribution is 9.11. The zero-order valence-electron chi connectivity index (χ0n) is 11.8. The maximum Gasteiger partial charge on any atom is 0.156 e. The Bertz CT molecular complexity index is 517. The van der Waals surface area contributed by atoms with Gasteiger partial charge in [-0.1, -0.05) is 12.1 Å². The minimum Gasteiger partial charge on any atom is -0.409 e. The number of piperazine rings is 1. The van der Waals surface area contributed by atoms with Crippen LogP contribution in [-0.4, -0.2) is 53.1 Å². The largest absolute Gasteiger partial charge is 0.409 e. The van der Waals surface area contributed by atoms with E-state index in [0.717, 1.165) is 47.4 Å². The number of hydrogen-bond donors (Lipinski definition) is 2. The molecular formula is C13H19Br2N5O. The van der Waals surface area contributed by atoms with Crippen LogP contribution in [0.2, 0.25) is 0 Å². The predicted octanol–water partition coefficient (Wildman–Crippen LogP) is 2.25. The summed E-state index contributed by atoms with van der Waals surface area (Å²) in [7, 11) is 0. The number of amidine groups is 1. The number of pyridine rings is 1. The molecule has 1 aliphatic heterocycles. The van der Waals surface area contributed by atoms with Gasteiger partial charge in [-0.15, -0.1) is 0 Å². The Labute approximate surface area is 141 Å². The summed E-state index contributed by atoms with van der Waals surface area (Å²) in [6.07, 6.45) is 2.63. The van der Waals surface area contributed by atoms with Crippen molar-refractivity contribution in [3.63, 3.8) is 0 Å². The van der Waals surface area contributed by atoms with E-state index >= 15 is 0 Å². The molecule has 0 aromatic carbocycles. The maximum atomic E-state index is 8.86. The second-order valence-corrected chi connectivity index (χ2v) is 6.70. The Morgan fingerprint density at radius 2 is 2.10 bits per heavy atom. The summed E-state index contributed by atoms with van der Waals surface area (Å²) < 4.78 is 1.93. The highest BCUT2D eigenvalue weighted by atomic mass is 79.9. The first-order chi connectivity index (χ1) is 10.1. The minimum atomic E-state index is -0.00142. The third-order valence-electron chi connectivity index (χ3n) is 3.69. The summed E-state index contributed by atoms with van der Waals surface area (Å²) in [5, 5.41) is 12.0. The molecule has 0 bridgehead atoms. The molecule has 21 heavy (non-hydrogen) atoms. The molecule has 116 valence electrons. The van der Waals surface area contributed by atoms with Crippen molar-refractivity contribution >= 4 is 43.5 Å². The van der Waals surface area contributed by atoms with Crippen molar-refractivity contribution in [2.75, 3.05) is 31.1 Å². The zero-order valence-corrected chi connectivity index (χ0v) is 15.0. The van der Waals surface area contributed by atoms with E-state index in [1.165, 1.54) is 0 Å². The van der Waals surface area contributed by atoms with Gasteiger partial charge in [0.05, 0.1) is 10.5 Å². The molecule has 1 fully saturated rings. The third kappa shape index (κ3) is 3.87. The van der Waals surface area contributed by atoms with Crippen molar-refractivity contribution < 1.29 is 5.21 Å². The highest BCUT2D eigenvalue weighted by Crippen LogP contribution is 2.27. The van der Waals surface area contributed by atoms with Crippen LogP contribution < -0.4 is 10.6 Å². The molecule has 3 N–H and O–H groups in total. The van der Waals surface area contributed by atoms with Gasteiger partial charge >= 0.3 is 0 Å². The van der Waals surface area contributed by atoms with Gasteiger partial charge in [-0.3, -0.25) is 4.90 Å². The van der Waals surface area contributed by atoms with Gasteiger partial charge in [-0.25, -0.2) is 4.98 Å². The monoisotopic (exact) mass is 419 g/mol. The van der Waals surface area contributed by atoms with Crippen molar-refractivity contribution in [2.45, 2.75) is 19.4 Å². The van der Waals surface area contributed by atoms with Crippen LogP contribution >= 0.6 is 31.9 Å². The molecule has 1 aromatic heterocycles. The van der Waals surface area contributed by atoms with E-state index in [0.29, 0.717) is 0 Å². The minimum absolute atomic E-state index is 0.00142. The molecule has 0 aliphatic carbocycles. The second-order valence-electron chi connectivity index (χ2n) is 4.93. The fourth-order valence-corrected chi connectivity index (χ4v) is 3.84. The molecule has 2 heterocycles. The molecule has 0 saturated carbocycles. The Morgan fingerprint density at radius 1 is 1.43 bits per heavy atom. The van der Waals surface area contributed by atoms with Crippen molar-refractivity contribution in [3.8, 4) is 0 Å².